The van der Waals surface area contributed by atoms with Gasteiger partial charge in [-0.3, -0.25) is 14.4 Å². The fraction of sp³-hybridized carbons (Fsp3) is 0.368. The molecule has 26 heavy (non-hydrogen) atoms. The summed E-state index contributed by atoms with van der Waals surface area (Å²) >= 11 is 1.76. The van der Waals surface area contributed by atoms with Crippen LogP contribution in [0.2, 0.25) is 0 Å². The first-order valence-corrected chi connectivity index (χ1v) is 9.83. The van der Waals surface area contributed by atoms with Crippen LogP contribution in [0.4, 0.5) is 0 Å². The zero-order valence-corrected chi connectivity index (χ0v) is 15.7. The average Bonchev–Trinajstić information content (AvgIpc) is 3.42. The molecule has 4 heterocycles. The molecule has 1 aliphatic heterocycles. The molecule has 0 saturated carbocycles. The first kappa shape index (κ1) is 17.1. The van der Waals surface area contributed by atoms with Crippen molar-refractivity contribution in [2.75, 3.05) is 19.6 Å². The summed E-state index contributed by atoms with van der Waals surface area (Å²) < 4.78 is 3.64. The minimum atomic E-state index is -0.0810. The van der Waals surface area contributed by atoms with E-state index in [0.29, 0.717) is 12.1 Å². The number of thiophene rings is 1. The molecule has 1 aliphatic rings. The highest BCUT2D eigenvalue weighted by atomic mass is 32.1. The zero-order chi connectivity index (χ0) is 17.9. The van der Waals surface area contributed by atoms with Crippen LogP contribution < -0.4 is 5.32 Å². The van der Waals surface area contributed by atoms with E-state index in [1.807, 2.05) is 36.1 Å². The number of rotatable bonds is 6. The van der Waals surface area contributed by atoms with E-state index in [4.69, 9.17) is 0 Å². The number of amides is 1. The van der Waals surface area contributed by atoms with Gasteiger partial charge in [-0.25, -0.2) is 0 Å². The predicted octanol–water partition coefficient (Wildman–Crippen LogP) is 2.84. The first-order chi connectivity index (χ1) is 12.7. The Morgan fingerprint density at radius 2 is 2.04 bits per heavy atom. The van der Waals surface area contributed by atoms with Crippen LogP contribution in [0.1, 0.15) is 34.1 Å². The van der Waals surface area contributed by atoms with E-state index < -0.39 is 0 Å². The third kappa shape index (κ3) is 3.32. The molecule has 3 aromatic rings. The summed E-state index contributed by atoms with van der Waals surface area (Å²) in [6.07, 6.45) is 7.95. The van der Waals surface area contributed by atoms with Crippen molar-refractivity contribution in [1.82, 2.24) is 24.6 Å². The maximum atomic E-state index is 12.9. The van der Waals surface area contributed by atoms with Gasteiger partial charge in [0.15, 0.2) is 0 Å². The molecule has 7 heteroatoms. The molecule has 1 saturated heterocycles. The summed E-state index contributed by atoms with van der Waals surface area (Å²) in [5.41, 5.74) is 0.593. The summed E-state index contributed by atoms with van der Waals surface area (Å²) in [6.45, 7) is 2.80. The number of nitrogens with one attached hydrogen (secondary N) is 1. The van der Waals surface area contributed by atoms with Crippen LogP contribution in [0.25, 0.3) is 5.82 Å². The monoisotopic (exact) mass is 369 g/mol. The van der Waals surface area contributed by atoms with Crippen LogP contribution in [0.5, 0.6) is 0 Å². The van der Waals surface area contributed by atoms with Crippen LogP contribution in [0, 0.1) is 0 Å². The molecular formula is C19H23N5OS. The number of carbonyl (C=O) groups is 1. The van der Waals surface area contributed by atoms with Crippen LogP contribution in [0.3, 0.4) is 0 Å². The van der Waals surface area contributed by atoms with Crippen LogP contribution in [0.15, 0.2) is 48.2 Å². The second-order valence-corrected chi connectivity index (χ2v) is 7.56. The van der Waals surface area contributed by atoms with E-state index in [2.05, 4.69) is 32.8 Å². The lowest BCUT2D eigenvalue weighted by Gasteiger charge is -2.26. The maximum Gasteiger partial charge on any atom is 0.256 e. The number of carbonyl (C=O) groups excluding carboxylic acids is 1. The zero-order valence-electron chi connectivity index (χ0n) is 14.8. The van der Waals surface area contributed by atoms with E-state index in [-0.39, 0.29) is 11.9 Å². The van der Waals surface area contributed by atoms with E-state index in [0.717, 1.165) is 18.9 Å². The Morgan fingerprint density at radius 3 is 2.73 bits per heavy atom. The van der Waals surface area contributed by atoms with Gasteiger partial charge >= 0.3 is 0 Å². The van der Waals surface area contributed by atoms with E-state index in [9.17, 15) is 4.79 Å². The van der Waals surface area contributed by atoms with Gasteiger partial charge in [-0.2, -0.15) is 5.10 Å². The van der Waals surface area contributed by atoms with Crippen LogP contribution in [-0.2, 0) is 7.05 Å². The SMILES string of the molecule is Cn1ncc(C(=O)NCC(c2cccs2)N2CCCC2)c1-n1cccc1. The largest absolute Gasteiger partial charge is 0.350 e. The molecule has 0 aromatic carbocycles. The molecule has 3 aromatic heterocycles. The highest BCUT2D eigenvalue weighted by Gasteiger charge is 2.25. The molecule has 4 rings (SSSR count). The maximum absolute atomic E-state index is 12.9. The summed E-state index contributed by atoms with van der Waals surface area (Å²) in [6, 6.07) is 8.36. The normalized spacial score (nSPS) is 16.0. The Labute approximate surface area is 157 Å². The van der Waals surface area contributed by atoms with Gasteiger partial charge in [-0.05, 0) is 49.5 Å². The van der Waals surface area contributed by atoms with Gasteiger partial charge in [-0.1, -0.05) is 6.07 Å². The van der Waals surface area contributed by atoms with Crippen molar-refractivity contribution in [1.29, 1.82) is 0 Å². The smallest absolute Gasteiger partial charge is 0.256 e. The Hall–Kier alpha value is -2.38. The summed E-state index contributed by atoms with van der Waals surface area (Å²) in [7, 11) is 1.85. The van der Waals surface area contributed by atoms with Gasteiger partial charge in [0.25, 0.3) is 5.91 Å². The molecule has 1 amide bonds. The van der Waals surface area contributed by atoms with Crippen molar-refractivity contribution in [2.45, 2.75) is 18.9 Å². The second kappa shape index (κ2) is 7.47. The Morgan fingerprint density at radius 1 is 1.27 bits per heavy atom. The Bertz CT molecular complexity index is 847. The van der Waals surface area contributed by atoms with E-state index in [1.54, 1.807) is 22.2 Å². The minimum absolute atomic E-state index is 0.0810. The molecule has 1 atom stereocenters. The van der Waals surface area contributed by atoms with E-state index >= 15 is 0 Å². The quantitative estimate of drug-likeness (QED) is 0.727. The molecule has 0 bridgehead atoms. The van der Waals surface area contributed by atoms with Gasteiger partial charge in [-0.15, -0.1) is 11.3 Å². The number of hydrogen-bond acceptors (Lipinski definition) is 4. The average molecular weight is 369 g/mol. The topological polar surface area (TPSA) is 55.1 Å². The van der Waals surface area contributed by atoms with Crippen LogP contribution in [-0.4, -0.2) is 44.8 Å². The standard InChI is InChI=1S/C19H23N5OS/c1-22-19(24-10-4-5-11-24)15(13-21-22)18(25)20-14-16(17-7-6-12-26-17)23-8-2-3-9-23/h4-7,10-13,16H,2-3,8-9,14H2,1H3,(H,20,25). The lowest BCUT2D eigenvalue weighted by atomic mass is 10.2. The molecule has 6 nitrogen and oxygen atoms in total. The fourth-order valence-electron chi connectivity index (χ4n) is 3.60. The molecule has 0 radical (unpaired) electrons. The predicted molar refractivity (Wildman–Crippen MR) is 103 cm³/mol. The van der Waals surface area contributed by atoms with Crippen molar-refractivity contribution in [3.05, 3.63) is 58.7 Å². The third-order valence-electron chi connectivity index (χ3n) is 4.91. The molecule has 1 N–H and O–H groups in total. The molecule has 1 unspecified atom stereocenters. The lowest BCUT2D eigenvalue weighted by molar-refractivity contribution is 0.0938. The van der Waals surface area contributed by atoms with Gasteiger partial charge in [0, 0.05) is 30.9 Å². The molecule has 0 spiro atoms. The van der Waals surface area contributed by atoms with Gasteiger partial charge < -0.3 is 9.88 Å². The minimum Gasteiger partial charge on any atom is -0.350 e. The second-order valence-electron chi connectivity index (χ2n) is 6.58. The number of likely N-dealkylation sites (tertiary alicyclic amines) is 1. The number of aryl methyl sites for hydroxylation is 1. The van der Waals surface area contributed by atoms with Crippen molar-refractivity contribution in [3.8, 4) is 5.82 Å². The van der Waals surface area contributed by atoms with Crippen molar-refractivity contribution in [3.63, 3.8) is 0 Å². The van der Waals surface area contributed by atoms with E-state index in [1.165, 1.54) is 17.7 Å². The highest BCUT2D eigenvalue weighted by Crippen LogP contribution is 2.28. The number of aromatic nitrogens is 3. The Kier molecular flexibility index (Phi) is 4.90. The van der Waals surface area contributed by atoms with Crippen molar-refractivity contribution >= 4 is 17.2 Å². The Balaban J connectivity index is 1.51. The molecular weight excluding hydrogens is 346 g/mol. The van der Waals surface area contributed by atoms with Gasteiger partial charge in [0.05, 0.1) is 12.2 Å². The number of nitrogens with zero attached hydrogens (tertiary/aromatic N) is 4. The molecule has 1 fully saturated rings. The summed E-state index contributed by atoms with van der Waals surface area (Å²) in [5.74, 6) is 0.698. The lowest BCUT2D eigenvalue weighted by Crippen LogP contribution is -2.36. The van der Waals surface area contributed by atoms with Crippen molar-refractivity contribution < 1.29 is 4.79 Å². The van der Waals surface area contributed by atoms with Gasteiger partial charge in [0.2, 0.25) is 0 Å². The van der Waals surface area contributed by atoms with Crippen molar-refractivity contribution in [2.24, 2.45) is 7.05 Å². The molecule has 0 aliphatic carbocycles. The first-order valence-electron chi connectivity index (χ1n) is 8.95. The number of hydrogen-bond donors (Lipinski definition) is 1. The molecule has 136 valence electrons. The van der Waals surface area contributed by atoms with Crippen LogP contribution >= 0.6 is 11.3 Å². The fourth-order valence-corrected chi connectivity index (χ4v) is 4.46. The summed E-state index contributed by atoms with van der Waals surface area (Å²) in [4.78, 5) is 16.7. The highest BCUT2D eigenvalue weighted by molar-refractivity contribution is 7.10. The third-order valence-corrected chi connectivity index (χ3v) is 5.88. The summed E-state index contributed by atoms with van der Waals surface area (Å²) in [5, 5.41) is 9.52. The van der Waals surface area contributed by atoms with Gasteiger partial charge in [0.1, 0.15) is 11.4 Å².